The molecule has 0 spiro atoms. The number of nitrogens with one attached hydrogen (secondary N) is 2. The molecule has 0 saturated carbocycles. The zero-order valence-electron chi connectivity index (χ0n) is 9.35. The van der Waals surface area contributed by atoms with Gasteiger partial charge in [-0.05, 0) is 30.3 Å². The summed E-state index contributed by atoms with van der Waals surface area (Å²) in [5.41, 5.74) is 2.98. The Morgan fingerprint density at radius 1 is 1.28 bits per heavy atom. The zero-order chi connectivity index (χ0) is 13.0. The normalized spacial score (nSPS) is 9.89. The molecule has 92 valence electrons. The van der Waals surface area contributed by atoms with Crippen LogP contribution < -0.4 is 16.6 Å². The van der Waals surface area contributed by atoms with Crippen molar-refractivity contribution >= 4 is 17.4 Å². The molecule has 0 atom stereocenters. The standard InChI is InChI=1S/C12H11FN4O/c13-8-3-1-4-9(7-8)16-12(18)10-5-2-6-15-11(10)17-14/h1-7H,14H2,(H,15,17)(H,16,18). The number of hydrazine groups is 1. The second-order valence-electron chi connectivity index (χ2n) is 3.51. The van der Waals surface area contributed by atoms with Crippen molar-refractivity contribution in [1.29, 1.82) is 0 Å². The average molecular weight is 246 g/mol. The molecule has 0 aliphatic carbocycles. The van der Waals surface area contributed by atoms with Crippen molar-refractivity contribution in [2.45, 2.75) is 0 Å². The molecule has 1 aromatic carbocycles. The van der Waals surface area contributed by atoms with Gasteiger partial charge in [-0.15, -0.1) is 0 Å². The van der Waals surface area contributed by atoms with Gasteiger partial charge in [0.2, 0.25) is 0 Å². The number of amides is 1. The predicted octanol–water partition coefficient (Wildman–Crippen LogP) is 1.76. The highest BCUT2D eigenvalue weighted by Crippen LogP contribution is 2.14. The fraction of sp³-hybridized carbons (Fsp3) is 0. The maximum Gasteiger partial charge on any atom is 0.259 e. The Morgan fingerprint density at radius 3 is 2.83 bits per heavy atom. The quantitative estimate of drug-likeness (QED) is 0.569. The summed E-state index contributed by atoms with van der Waals surface area (Å²) in [6.07, 6.45) is 1.51. The second-order valence-corrected chi connectivity index (χ2v) is 3.51. The molecular weight excluding hydrogens is 235 g/mol. The van der Waals surface area contributed by atoms with Crippen LogP contribution in [0.2, 0.25) is 0 Å². The molecule has 2 aromatic rings. The van der Waals surface area contributed by atoms with Crippen LogP contribution in [-0.4, -0.2) is 10.9 Å². The molecule has 0 aliphatic heterocycles. The highest BCUT2D eigenvalue weighted by Gasteiger charge is 2.11. The molecule has 5 nitrogen and oxygen atoms in total. The number of nitrogens with two attached hydrogens (primary N) is 1. The van der Waals surface area contributed by atoms with Gasteiger partial charge in [0, 0.05) is 11.9 Å². The lowest BCUT2D eigenvalue weighted by Gasteiger charge is -2.08. The van der Waals surface area contributed by atoms with E-state index in [1.165, 1.54) is 24.4 Å². The fourth-order valence-corrected chi connectivity index (χ4v) is 1.47. The number of nitrogens with zero attached hydrogens (tertiary/aromatic N) is 1. The Hall–Kier alpha value is -2.47. The van der Waals surface area contributed by atoms with E-state index in [-0.39, 0.29) is 11.4 Å². The van der Waals surface area contributed by atoms with Crippen LogP contribution in [0.5, 0.6) is 0 Å². The van der Waals surface area contributed by atoms with Crippen molar-refractivity contribution < 1.29 is 9.18 Å². The lowest BCUT2D eigenvalue weighted by Crippen LogP contribution is -2.18. The second kappa shape index (κ2) is 5.24. The van der Waals surface area contributed by atoms with E-state index in [4.69, 9.17) is 5.84 Å². The van der Waals surface area contributed by atoms with Crippen LogP contribution in [0, 0.1) is 5.82 Å². The van der Waals surface area contributed by atoms with Gasteiger partial charge in [0.25, 0.3) is 5.91 Å². The maximum atomic E-state index is 13.0. The van der Waals surface area contributed by atoms with Crippen molar-refractivity contribution in [1.82, 2.24) is 4.98 Å². The first-order valence-electron chi connectivity index (χ1n) is 5.19. The van der Waals surface area contributed by atoms with Gasteiger partial charge in [0.05, 0.1) is 5.56 Å². The highest BCUT2D eigenvalue weighted by molar-refractivity contribution is 6.07. The molecule has 0 unspecified atom stereocenters. The van der Waals surface area contributed by atoms with Gasteiger partial charge < -0.3 is 10.7 Å². The molecule has 6 heteroatoms. The number of hydrogen-bond acceptors (Lipinski definition) is 4. The van der Waals surface area contributed by atoms with E-state index in [0.717, 1.165) is 0 Å². The van der Waals surface area contributed by atoms with Crippen molar-refractivity contribution in [2.75, 3.05) is 10.7 Å². The minimum atomic E-state index is -0.420. The Morgan fingerprint density at radius 2 is 2.11 bits per heavy atom. The molecular formula is C12H11FN4O. The van der Waals surface area contributed by atoms with Gasteiger partial charge in [-0.3, -0.25) is 4.79 Å². The van der Waals surface area contributed by atoms with Crippen LogP contribution >= 0.6 is 0 Å². The first kappa shape index (κ1) is 12.0. The largest absolute Gasteiger partial charge is 0.322 e. The molecule has 0 radical (unpaired) electrons. The third-order valence-corrected chi connectivity index (χ3v) is 2.27. The molecule has 1 amide bonds. The summed E-state index contributed by atoms with van der Waals surface area (Å²) in [7, 11) is 0. The van der Waals surface area contributed by atoms with Gasteiger partial charge in [-0.25, -0.2) is 15.2 Å². The highest BCUT2D eigenvalue weighted by atomic mass is 19.1. The number of halogens is 1. The molecule has 18 heavy (non-hydrogen) atoms. The third kappa shape index (κ3) is 2.61. The first-order valence-corrected chi connectivity index (χ1v) is 5.19. The van der Waals surface area contributed by atoms with Crippen LogP contribution in [0.15, 0.2) is 42.6 Å². The van der Waals surface area contributed by atoms with E-state index < -0.39 is 11.7 Å². The molecule has 1 aromatic heterocycles. The van der Waals surface area contributed by atoms with Gasteiger partial charge in [0.1, 0.15) is 5.82 Å². The minimum absolute atomic E-state index is 0.256. The molecule has 2 rings (SSSR count). The summed E-state index contributed by atoms with van der Waals surface area (Å²) in [6, 6.07) is 8.80. The van der Waals surface area contributed by atoms with Crippen LogP contribution in [0.3, 0.4) is 0 Å². The number of anilines is 2. The lowest BCUT2D eigenvalue weighted by molar-refractivity contribution is 0.102. The Labute approximate surface area is 103 Å². The number of pyridine rings is 1. The zero-order valence-corrected chi connectivity index (χ0v) is 9.35. The maximum absolute atomic E-state index is 13.0. The van der Waals surface area contributed by atoms with Crippen LogP contribution in [-0.2, 0) is 0 Å². The smallest absolute Gasteiger partial charge is 0.259 e. The molecule has 0 fully saturated rings. The fourth-order valence-electron chi connectivity index (χ4n) is 1.47. The minimum Gasteiger partial charge on any atom is -0.322 e. The molecule has 1 heterocycles. The van der Waals surface area contributed by atoms with Gasteiger partial charge >= 0.3 is 0 Å². The van der Waals surface area contributed by atoms with Gasteiger partial charge in [-0.1, -0.05) is 6.07 Å². The molecule has 4 N–H and O–H groups in total. The molecule has 0 saturated heterocycles. The number of hydrogen-bond donors (Lipinski definition) is 3. The van der Waals surface area contributed by atoms with Crippen molar-refractivity contribution in [2.24, 2.45) is 5.84 Å². The van der Waals surface area contributed by atoms with Crippen molar-refractivity contribution in [3.8, 4) is 0 Å². The Bertz CT molecular complexity index is 574. The van der Waals surface area contributed by atoms with E-state index in [1.54, 1.807) is 18.2 Å². The summed E-state index contributed by atoms with van der Waals surface area (Å²) >= 11 is 0. The van der Waals surface area contributed by atoms with E-state index in [2.05, 4.69) is 15.7 Å². The SMILES string of the molecule is NNc1ncccc1C(=O)Nc1cccc(F)c1. The monoisotopic (exact) mass is 246 g/mol. The Kier molecular flexibility index (Phi) is 3.49. The number of rotatable bonds is 3. The summed E-state index contributed by atoms with van der Waals surface area (Å²) in [4.78, 5) is 15.8. The number of nitrogen functional groups attached to an aromatic ring is 1. The van der Waals surface area contributed by atoms with E-state index >= 15 is 0 Å². The number of carbonyl (C=O) groups is 1. The van der Waals surface area contributed by atoms with Gasteiger partial charge in [0.15, 0.2) is 5.82 Å². The van der Waals surface area contributed by atoms with Gasteiger partial charge in [-0.2, -0.15) is 0 Å². The molecule has 0 aliphatic rings. The Balaban J connectivity index is 2.22. The van der Waals surface area contributed by atoms with E-state index in [1.807, 2.05) is 0 Å². The molecule has 0 bridgehead atoms. The number of carbonyl (C=O) groups excluding carboxylic acids is 1. The van der Waals surface area contributed by atoms with Crippen LogP contribution in [0.4, 0.5) is 15.9 Å². The topological polar surface area (TPSA) is 80.0 Å². The summed E-state index contributed by atoms with van der Waals surface area (Å²) < 4.78 is 13.0. The van der Waals surface area contributed by atoms with Crippen molar-refractivity contribution in [3.63, 3.8) is 0 Å². The lowest BCUT2D eigenvalue weighted by atomic mass is 10.2. The van der Waals surface area contributed by atoms with E-state index in [0.29, 0.717) is 5.69 Å². The average Bonchev–Trinajstić information content (AvgIpc) is 2.38. The summed E-state index contributed by atoms with van der Waals surface area (Å²) in [6.45, 7) is 0. The number of benzene rings is 1. The summed E-state index contributed by atoms with van der Waals surface area (Å²) in [5.74, 6) is 4.67. The van der Waals surface area contributed by atoms with E-state index in [9.17, 15) is 9.18 Å². The predicted molar refractivity (Wildman–Crippen MR) is 66.4 cm³/mol. The van der Waals surface area contributed by atoms with Crippen molar-refractivity contribution in [3.05, 3.63) is 54.0 Å². The first-order chi connectivity index (χ1) is 8.70. The number of aromatic nitrogens is 1. The third-order valence-electron chi connectivity index (χ3n) is 2.27. The van der Waals surface area contributed by atoms with Crippen LogP contribution in [0.1, 0.15) is 10.4 Å². The summed E-state index contributed by atoms with van der Waals surface area (Å²) in [5, 5.41) is 2.56. The van der Waals surface area contributed by atoms with Crippen LogP contribution in [0.25, 0.3) is 0 Å².